The van der Waals surface area contributed by atoms with Crippen LogP contribution in [0.3, 0.4) is 0 Å². The molecule has 6 rings (SSSR count). The van der Waals surface area contributed by atoms with Gasteiger partial charge in [0.25, 0.3) is 0 Å². The fourth-order valence-electron chi connectivity index (χ4n) is 7.98. The first-order valence-corrected chi connectivity index (χ1v) is 17.0. The number of methoxy groups -OCH3 is 1. The lowest BCUT2D eigenvalue weighted by Crippen LogP contribution is -2.59. The number of benzene rings is 1. The van der Waals surface area contributed by atoms with Gasteiger partial charge in [0.05, 0.1) is 30.7 Å². The van der Waals surface area contributed by atoms with Gasteiger partial charge in [-0.1, -0.05) is 26.7 Å². The number of hydrogen-bond donors (Lipinski definition) is 1. The standard InChI is InChI=1S/C35H48N4O7/c1-22-28(21-40)39-20-29(22)45-31-26(36-25-13-12-24(43-4)19-27(25)37-31)11-7-5-6-9-23-10-8-14-35(23,3)46-33(42)38-30(32(39)41)34(2)15-17-44-18-16-34/h12-13,19,21-23,28-30H,5-11,14-18,20H2,1-4H3,(H,38,42)/t22-,23+,28+,29-,30+,35+/m0/s1. The van der Waals surface area contributed by atoms with Gasteiger partial charge in [-0.2, -0.15) is 0 Å². The van der Waals surface area contributed by atoms with Crippen LogP contribution in [0.2, 0.25) is 0 Å². The lowest BCUT2D eigenvalue weighted by Gasteiger charge is -2.42. The van der Waals surface area contributed by atoms with E-state index < -0.39 is 35.3 Å². The third-order valence-electron chi connectivity index (χ3n) is 11.2. The van der Waals surface area contributed by atoms with E-state index >= 15 is 0 Å². The number of fused-ring (bicyclic) bond motifs is 5. The molecule has 2 saturated heterocycles. The summed E-state index contributed by atoms with van der Waals surface area (Å²) in [7, 11) is 1.61. The lowest BCUT2D eigenvalue weighted by molar-refractivity contribution is -0.142. The maximum Gasteiger partial charge on any atom is 0.408 e. The van der Waals surface area contributed by atoms with Crippen LogP contribution >= 0.6 is 0 Å². The number of aldehydes is 1. The van der Waals surface area contributed by atoms with Gasteiger partial charge in [0.1, 0.15) is 35.5 Å². The summed E-state index contributed by atoms with van der Waals surface area (Å²) in [5.74, 6) is 0.730. The van der Waals surface area contributed by atoms with Crippen molar-refractivity contribution >= 4 is 29.3 Å². The van der Waals surface area contributed by atoms with Gasteiger partial charge < -0.3 is 34.0 Å². The molecule has 11 nitrogen and oxygen atoms in total. The van der Waals surface area contributed by atoms with E-state index in [2.05, 4.69) is 5.32 Å². The van der Waals surface area contributed by atoms with E-state index in [1.54, 1.807) is 12.0 Å². The number of nitrogens with one attached hydrogen (secondary N) is 1. The summed E-state index contributed by atoms with van der Waals surface area (Å²) in [5.41, 5.74) is 1.02. The van der Waals surface area contributed by atoms with Gasteiger partial charge in [-0.3, -0.25) is 4.79 Å². The van der Waals surface area contributed by atoms with Crippen molar-refractivity contribution in [3.63, 3.8) is 0 Å². The summed E-state index contributed by atoms with van der Waals surface area (Å²) < 4.78 is 23.9. The molecule has 6 atom stereocenters. The molecule has 1 saturated carbocycles. The Balaban J connectivity index is 1.37. The highest BCUT2D eigenvalue weighted by Gasteiger charge is 2.50. The molecule has 1 aromatic heterocycles. The van der Waals surface area contributed by atoms with Crippen molar-refractivity contribution in [3.8, 4) is 11.6 Å². The van der Waals surface area contributed by atoms with E-state index in [9.17, 15) is 14.4 Å². The van der Waals surface area contributed by atoms with Crippen molar-refractivity contribution in [1.82, 2.24) is 20.2 Å². The van der Waals surface area contributed by atoms with Crippen LogP contribution in [0, 0.1) is 17.3 Å². The summed E-state index contributed by atoms with van der Waals surface area (Å²) >= 11 is 0. The molecular formula is C35H48N4O7. The number of carbonyl (C=O) groups is 3. The van der Waals surface area contributed by atoms with Gasteiger partial charge in [-0.15, -0.1) is 0 Å². The first-order valence-electron chi connectivity index (χ1n) is 17.0. The molecule has 0 unspecified atom stereocenters. The van der Waals surface area contributed by atoms with Gasteiger partial charge in [0, 0.05) is 30.6 Å². The number of aryl methyl sites for hydroxylation is 1. The summed E-state index contributed by atoms with van der Waals surface area (Å²) in [4.78, 5) is 52.2. The zero-order chi connectivity index (χ0) is 32.5. The Morgan fingerprint density at radius 2 is 1.80 bits per heavy atom. The summed E-state index contributed by atoms with van der Waals surface area (Å²) in [6.07, 6.45) is 8.30. The molecule has 4 aliphatic rings. The predicted octanol–water partition coefficient (Wildman–Crippen LogP) is 5.02. The highest BCUT2D eigenvalue weighted by atomic mass is 16.6. The monoisotopic (exact) mass is 636 g/mol. The number of alkyl carbamates (subject to hydrolysis) is 1. The van der Waals surface area contributed by atoms with Gasteiger partial charge in [0.2, 0.25) is 11.8 Å². The van der Waals surface area contributed by atoms with E-state index in [0.29, 0.717) is 49.6 Å². The maximum absolute atomic E-state index is 14.5. The first-order chi connectivity index (χ1) is 22.1. The van der Waals surface area contributed by atoms with E-state index in [4.69, 9.17) is 28.9 Å². The third kappa shape index (κ3) is 6.39. The highest BCUT2D eigenvalue weighted by Crippen LogP contribution is 2.42. The minimum absolute atomic E-state index is 0.181. The number of hydrogen-bond acceptors (Lipinski definition) is 9. The van der Waals surface area contributed by atoms with Crippen LogP contribution in [0.4, 0.5) is 4.79 Å². The van der Waals surface area contributed by atoms with Crippen molar-refractivity contribution in [3.05, 3.63) is 23.9 Å². The summed E-state index contributed by atoms with van der Waals surface area (Å²) in [6, 6.07) is 4.00. The van der Waals surface area contributed by atoms with Crippen LogP contribution in [0.1, 0.15) is 84.3 Å². The SMILES string of the molecule is COc1ccc2nc3c(nc2c1)O[C@H]1CN(C(=O)[C@H](C2(C)CCOCC2)NC(=O)O[C@]2(C)CCC[C@H]2CCCCC3)[C@H](C=O)[C@@H]1C. The molecule has 1 aromatic carbocycles. The Kier molecular flexibility index (Phi) is 9.41. The first kappa shape index (κ1) is 32.5. The van der Waals surface area contributed by atoms with Crippen molar-refractivity contribution in [2.45, 2.75) is 109 Å². The molecule has 2 aromatic rings. The van der Waals surface area contributed by atoms with Gasteiger partial charge in [0.15, 0.2) is 0 Å². The van der Waals surface area contributed by atoms with E-state index in [0.717, 1.165) is 62.4 Å². The van der Waals surface area contributed by atoms with Crippen LogP contribution in [0.5, 0.6) is 11.6 Å². The van der Waals surface area contributed by atoms with Gasteiger partial charge >= 0.3 is 6.09 Å². The second-order valence-corrected chi connectivity index (χ2v) is 14.2. The minimum Gasteiger partial charge on any atom is -0.497 e. The van der Waals surface area contributed by atoms with Crippen LogP contribution in [-0.2, 0) is 25.5 Å². The molecule has 2 amide bonds. The molecule has 46 heavy (non-hydrogen) atoms. The maximum atomic E-state index is 14.5. The fraction of sp³-hybridized carbons (Fsp3) is 0.686. The third-order valence-corrected chi connectivity index (χ3v) is 11.2. The number of aromatic nitrogens is 2. The van der Waals surface area contributed by atoms with Gasteiger partial charge in [-0.25, -0.2) is 14.8 Å². The average molecular weight is 637 g/mol. The Hall–Kier alpha value is -3.47. The summed E-state index contributed by atoms with van der Waals surface area (Å²) in [6.45, 7) is 7.13. The largest absolute Gasteiger partial charge is 0.497 e. The molecule has 11 heteroatoms. The Morgan fingerprint density at radius 1 is 1.02 bits per heavy atom. The second kappa shape index (κ2) is 13.3. The Morgan fingerprint density at radius 3 is 2.57 bits per heavy atom. The van der Waals surface area contributed by atoms with E-state index in [-0.39, 0.29) is 24.3 Å². The number of rotatable bonds is 3. The smallest absolute Gasteiger partial charge is 0.408 e. The Bertz CT molecular complexity index is 1450. The molecule has 0 radical (unpaired) electrons. The van der Waals surface area contributed by atoms with E-state index in [1.165, 1.54) is 0 Å². The zero-order valence-electron chi connectivity index (χ0n) is 27.6. The van der Waals surface area contributed by atoms with Crippen LogP contribution in [0.15, 0.2) is 18.2 Å². The quantitative estimate of drug-likeness (QED) is 0.462. The van der Waals surface area contributed by atoms with E-state index in [1.807, 2.05) is 39.0 Å². The normalized spacial score (nSPS) is 32.3. The van der Waals surface area contributed by atoms with Crippen molar-refractivity contribution in [2.75, 3.05) is 26.9 Å². The fourth-order valence-corrected chi connectivity index (χ4v) is 7.98. The lowest BCUT2D eigenvalue weighted by atomic mass is 9.75. The number of nitrogens with zero attached hydrogens (tertiary/aromatic N) is 3. The molecule has 1 aliphatic carbocycles. The predicted molar refractivity (Wildman–Crippen MR) is 171 cm³/mol. The molecule has 1 N–H and O–H groups in total. The number of carbonyl (C=O) groups excluding carboxylic acids is 3. The van der Waals surface area contributed by atoms with Crippen molar-refractivity contribution in [2.24, 2.45) is 17.3 Å². The average Bonchev–Trinajstić information content (AvgIpc) is 3.56. The second-order valence-electron chi connectivity index (χ2n) is 14.2. The molecular weight excluding hydrogens is 588 g/mol. The Labute approximate surface area is 271 Å². The van der Waals surface area contributed by atoms with Crippen molar-refractivity contribution in [1.29, 1.82) is 0 Å². The molecule has 250 valence electrons. The van der Waals surface area contributed by atoms with Crippen LogP contribution in [0.25, 0.3) is 11.0 Å². The molecule has 3 fully saturated rings. The van der Waals surface area contributed by atoms with Crippen LogP contribution in [-0.4, -0.2) is 83.8 Å². The molecule has 2 bridgehead atoms. The van der Waals surface area contributed by atoms with Crippen LogP contribution < -0.4 is 14.8 Å². The van der Waals surface area contributed by atoms with Crippen molar-refractivity contribution < 1.29 is 33.3 Å². The molecule has 4 heterocycles. The molecule has 0 spiro atoms. The molecule has 3 aliphatic heterocycles. The zero-order valence-corrected chi connectivity index (χ0v) is 27.6. The summed E-state index contributed by atoms with van der Waals surface area (Å²) in [5, 5.41) is 3.01. The topological polar surface area (TPSA) is 129 Å². The number of amides is 2. The number of ether oxygens (including phenoxy) is 4. The minimum atomic E-state index is -0.886. The van der Waals surface area contributed by atoms with Gasteiger partial charge in [-0.05, 0) is 76.3 Å². The highest BCUT2D eigenvalue weighted by molar-refractivity contribution is 5.89.